The van der Waals surface area contributed by atoms with Crippen LogP contribution in [0.3, 0.4) is 0 Å². The van der Waals surface area contributed by atoms with Gasteiger partial charge in [0.05, 0.1) is 31.1 Å². The first kappa shape index (κ1) is 17.0. The average molecular weight is 282 g/mol. The first-order chi connectivity index (χ1) is 9.67. The number of pyridine rings is 1. The van der Waals surface area contributed by atoms with E-state index in [1.165, 1.54) is 5.56 Å². The summed E-state index contributed by atoms with van der Waals surface area (Å²) in [6, 6.07) is 4.03. The van der Waals surface area contributed by atoms with Gasteiger partial charge >= 0.3 is 0 Å². The van der Waals surface area contributed by atoms with Gasteiger partial charge in [0.15, 0.2) is 0 Å². The predicted octanol–water partition coefficient (Wildman–Crippen LogP) is 1.15. The summed E-state index contributed by atoms with van der Waals surface area (Å²) in [5.41, 5.74) is 2.27. The number of hydrogen-bond donors (Lipinski definition) is 2. The minimum atomic E-state index is -0.525. The lowest BCUT2D eigenvalue weighted by Crippen LogP contribution is -2.32. The second-order valence-corrected chi connectivity index (χ2v) is 4.85. The van der Waals surface area contributed by atoms with Gasteiger partial charge in [-0.15, -0.1) is 0 Å². The van der Waals surface area contributed by atoms with Crippen molar-refractivity contribution < 1.29 is 14.6 Å². The molecule has 1 rings (SSSR count). The zero-order valence-electron chi connectivity index (χ0n) is 12.6. The topological polar surface area (TPSA) is 63.6 Å². The van der Waals surface area contributed by atoms with Crippen molar-refractivity contribution in [3.05, 3.63) is 29.6 Å². The Morgan fingerprint density at radius 1 is 1.40 bits per heavy atom. The SMILES string of the molecule is CCc1cccnc1CNCC(O)COC(C)COC. The van der Waals surface area contributed by atoms with Gasteiger partial charge in [0, 0.05) is 26.4 Å². The van der Waals surface area contributed by atoms with Gasteiger partial charge in [-0.1, -0.05) is 13.0 Å². The number of aromatic nitrogens is 1. The molecule has 2 N–H and O–H groups in total. The standard InChI is InChI=1S/C15H26N2O3/c1-4-13-6-5-7-17-15(13)9-16-8-14(18)11-20-12(2)10-19-3/h5-7,12,14,16,18H,4,8-11H2,1-3H3. The summed E-state index contributed by atoms with van der Waals surface area (Å²) < 4.78 is 10.4. The summed E-state index contributed by atoms with van der Waals surface area (Å²) in [4.78, 5) is 4.35. The molecule has 0 aliphatic rings. The average Bonchev–Trinajstić information content (AvgIpc) is 2.46. The fourth-order valence-corrected chi connectivity index (χ4v) is 1.93. The van der Waals surface area contributed by atoms with E-state index in [1.807, 2.05) is 13.0 Å². The summed E-state index contributed by atoms with van der Waals surface area (Å²) in [5, 5.41) is 13.0. The number of aliphatic hydroxyl groups excluding tert-OH is 1. The van der Waals surface area contributed by atoms with E-state index in [0.29, 0.717) is 26.3 Å². The van der Waals surface area contributed by atoms with Crippen molar-refractivity contribution in [3.8, 4) is 0 Å². The number of aliphatic hydroxyl groups is 1. The lowest BCUT2D eigenvalue weighted by atomic mass is 10.1. The maximum absolute atomic E-state index is 9.82. The second kappa shape index (κ2) is 9.83. The summed E-state index contributed by atoms with van der Waals surface area (Å²) in [6.45, 7) is 6.02. The highest BCUT2D eigenvalue weighted by atomic mass is 16.5. The molecule has 0 spiro atoms. The molecule has 0 aliphatic heterocycles. The van der Waals surface area contributed by atoms with Gasteiger partial charge in [-0.05, 0) is 25.0 Å². The zero-order valence-corrected chi connectivity index (χ0v) is 12.6. The number of aryl methyl sites for hydroxylation is 1. The lowest BCUT2D eigenvalue weighted by molar-refractivity contribution is -0.0311. The van der Waals surface area contributed by atoms with Crippen molar-refractivity contribution >= 4 is 0 Å². The molecule has 0 bridgehead atoms. The van der Waals surface area contributed by atoms with Crippen molar-refractivity contribution in [2.45, 2.75) is 39.0 Å². The fourth-order valence-electron chi connectivity index (χ4n) is 1.93. The van der Waals surface area contributed by atoms with Crippen molar-refractivity contribution in [1.82, 2.24) is 10.3 Å². The van der Waals surface area contributed by atoms with Gasteiger partial charge in [-0.3, -0.25) is 4.98 Å². The Bertz CT molecular complexity index is 374. The van der Waals surface area contributed by atoms with Crippen molar-refractivity contribution in [2.24, 2.45) is 0 Å². The van der Waals surface area contributed by atoms with Crippen LogP contribution in [0.4, 0.5) is 0 Å². The second-order valence-electron chi connectivity index (χ2n) is 4.85. The van der Waals surface area contributed by atoms with Crippen molar-refractivity contribution in [2.75, 3.05) is 26.9 Å². The minimum Gasteiger partial charge on any atom is -0.389 e. The van der Waals surface area contributed by atoms with Crippen LogP contribution >= 0.6 is 0 Å². The number of nitrogens with zero attached hydrogens (tertiary/aromatic N) is 1. The maximum Gasteiger partial charge on any atom is 0.0897 e. The van der Waals surface area contributed by atoms with Crippen LogP contribution < -0.4 is 5.32 Å². The highest BCUT2D eigenvalue weighted by Gasteiger charge is 2.08. The molecule has 0 aromatic carbocycles. The largest absolute Gasteiger partial charge is 0.389 e. The highest BCUT2D eigenvalue weighted by molar-refractivity contribution is 5.19. The van der Waals surface area contributed by atoms with Gasteiger partial charge in [-0.25, -0.2) is 0 Å². The quantitative estimate of drug-likeness (QED) is 0.674. The Kier molecular flexibility index (Phi) is 8.37. The smallest absolute Gasteiger partial charge is 0.0897 e. The monoisotopic (exact) mass is 282 g/mol. The van der Waals surface area contributed by atoms with Gasteiger partial charge < -0.3 is 19.9 Å². The molecule has 1 aromatic rings. The van der Waals surface area contributed by atoms with E-state index in [-0.39, 0.29) is 6.10 Å². The molecule has 0 saturated heterocycles. The zero-order chi connectivity index (χ0) is 14.8. The first-order valence-electron chi connectivity index (χ1n) is 7.09. The predicted molar refractivity (Wildman–Crippen MR) is 78.6 cm³/mol. The third-order valence-corrected chi connectivity index (χ3v) is 3.01. The van der Waals surface area contributed by atoms with Crippen LogP contribution in [-0.4, -0.2) is 49.2 Å². The van der Waals surface area contributed by atoms with Gasteiger partial charge in [0.1, 0.15) is 0 Å². The van der Waals surface area contributed by atoms with Crippen molar-refractivity contribution in [3.63, 3.8) is 0 Å². The number of ether oxygens (including phenoxy) is 2. The van der Waals surface area contributed by atoms with Gasteiger partial charge in [0.25, 0.3) is 0 Å². The van der Waals surface area contributed by atoms with Crippen LogP contribution in [0, 0.1) is 0 Å². The Labute approximate surface area is 121 Å². The molecule has 2 atom stereocenters. The molecule has 0 amide bonds. The van der Waals surface area contributed by atoms with E-state index in [0.717, 1.165) is 12.1 Å². The summed E-state index contributed by atoms with van der Waals surface area (Å²) >= 11 is 0. The van der Waals surface area contributed by atoms with Crippen LogP contribution in [0.2, 0.25) is 0 Å². The van der Waals surface area contributed by atoms with E-state index < -0.39 is 6.10 Å². The van der Waals surface area contributed by atoms with E-state index in [9.17, 15) is 5.11 Å². The molecule has 114 valence electrons. The summed E-state index contributed by atoms with van der Waals surface area (Å²) in [6.07, 6.45) is 2.23. The van der Waals surface area contributed by atoms with Gasteiger partial charge in [-0.2, -0.15) is 0 Å². The number of rotatable bonds is 10. The van der Waals surface area contributed by atoms with Crippen LogP contribution in [0.25, 0.3) is 0 Å². The Morgan fingerprint density at radius 3 is 2.90 bits per heavy atom. The number of methoxy groups -OCH3 is 1. The van der Waals surface area contributed by atoms with E-state index in [1.54, 1.807) is 13.3 Å². The van der Waals surface area contributed by atoms with E-state index in [2.05, 4.69) is 23.3 Å². The van der Waals surface area contributed by atoms with Crippen LogP contribution in [0.5, 0.6) is 0 Å². The summed E-state index contributed by atoms with van der Waals surface area (Å²) in [5.74, 6) is 0. The molecule has 0 saturated carbocycles. The minimum absolute atomic E-state index is 0.00265. The molecule has 0 radical (unpaired) electrons. The van der Waals surface area contributed by atoms with Gasteiger partial charge in [0.2, 0.25) is 0 Å². The molecule has 20 heavy (non-hydrogen) atoms. The Balaban J connectivity index is 2.23. The molecule has 5 nitrogen and oxygen atoms in total. The third-order valence-electron chi connectivity index (χ3n) is 3.01. The molecule has 0 fully saturated rings. The van der Waals surface area contributed by atoms with E-state index in [4.69, 9.17) is 9.47 Å². The molecule has 1 aromatic heterocycles. The normalized spacial score (nSPS) is 14.2. The molecule has 1 heterocycles. The molecule has 2 unspecified atom stereocenters. The number of nitrogens with one attached hydrogen (secondary N) is 1. The number of hydrogen-bond acceptors (Lipinski definition) is 5. The van der Waals surface area contributed by atoms with Crippen LogP contribution in [0.15, 0.2) is 18.3 Å². The lowest BCUT2D eigenvalue weighted by Gasteiger charge is -2.16. The highest BCUT2D eigenvalue weighted by Crippen LogP contribution is 2.05. The Morgan fingerprint density at radius 2 is 2.20 bits per heavy atom. The maximum atomic E-state index is 9.82. The molecule has 0 aliphatic carbocycles. The molecule has 5 heteroatoms. The van der Waals surface area contributed by atoms with Crippen LogP contribution in [0.1, 0.15) is 25.1 Å². The molecular weight excluding hydrogens is 256 g/mol. The fraction of sp³-hybridized carbons (Fsp3) is 0.667. The Hall–Kier alpha value is -1.01. The molecular formula is C15H26N2O3. The van der Waals surface area contributed by atoms with Crippen LogP contribution in [-0.2, 0) is 22.4 Å². The summed E-state index contributed by atoms with van der Waals surface area (Å²) in [7, 11) is 1.63. The first-order valence-corrected chi connectivity index (χ1v) is 7.09. The van der Waals surface area contributed by atoms with Crippen molar-refractivity contribution in [1.29, 1.82) is 0 Å². The third kappa shape index (κ3) is 6.43. The van der Waals surface area contributed by atoms with E-state index >= 15 is 0 Å².